The van der Waals surface area contributed by atoms with E-state index < -0.39 is 15.4 Å². The maximum atomic E-state index is 13.9. The lowest BCUT2D eigenvalue weighted by atomic mass is 9.65. The molecule has 178 valence electrons. The average molecular weight is 476 g/mol. The minimum atomic E-state index is -3.59. The highest BCUT2D eigenvalue weighted by molar-refractivity contribution is 7.89. The first kappa shape index (κ1) is 22.2. The molecule has 5 heteroatoms. The third-order valence-corrected chi connectivity index (χ3v) is 11.9. The van der Waals surface area contributed by atoms with Crippen LogP contribution in [0.3, 0.4) is 0 Å². The van der Waals surface area contributed by atoms with Crippen LogP contribution < -0.4 is 0 Å². The topological polar surface area (TPSA) is 54.5 Å². The van der Waals surface area contributed by atoms with Crippen molar-refractivity contribution in [1.29, 1.82) is 0 Å². The molecular formula is C29H33NO3S. The zero-order valence-electron chi connectivity index (χ0n) is 20.0. The summed E-state index contributed by atoms with van der Waals surface area (Å²) in [6, 6.07) is 18.8. The molecule has 6 rings (SSSR count). The van der Waals surface area contributed by atoms with E-state index in [1.807, 2.05) is 18.2 Å². The van der Waals surface area contributed by atoms with Gasteiger partial charge in [0.15, 0.2) is 0 Å². The highest BCUT2D eigenvalue weighted by Crippen LogP contribution is 2.64. The van der Waals surface area contributed by atoms with Gasteiger partial charge in [0.05, 0.1) is 5.75 Å². The van der Waals surface area contributed by atoms with Crippen LogP contribution in [0.5, 0.6) is 0 Å². The van der Waals surface area contributed by atoms with Crippen molar-refractivity contribution < 1.29 is 13.2 Å². The normalized spacial score (nSPS) is 34.1. The van der Waals surface area contributed by atoms with Crippen molar-refractivity contribution in [2.24, 2.45) is 16.7 Å². The molecule has 2 aromatic rings. The van der Waals surface area contributed by atoms with Crippen molar-refractivity contribution in [3.63, 3.8) is 0 Å². The molecule has 1 heterocycles. The first-order valence-corrected chi connectivity index (χ1v) is 14.2. The second kappa shape index (κ2) is 7.38. The van der Waals surface area contributed by atoms with Crippen molar-refractivity contribution in [2.45, 2.75) is 50.9 Å². The molecule has 0 N–H and O–H groups in total. The minimum absolute atomic E-state index is 0.0261. The molecular weight excluding hydrogens is 442 g/mol. The Kier molecular flexibility index (Phi) is 4.83. The van der Waals surface area contributed by atoms with Crippen molar-refractivity contribution in [1.82, 2.24) is 4.31 Å². The van der Waals surface area contributed by atoms with Crippen LogP contribution in [0.4, 0.5) is 0 Å². The molecule has 4 aliphatic rings. The Morgan fingerprint density at radius 2 is 1.74 bits per heavy atom. The fourth-order valence-electron chi connectivity index (χ4n) is 7.71. The largest absolute Gasteiger partial charge is 0.299 e. The molecule has 1 spiro atoms. The molecule has 3 fully saturated rings. The fraction of sp³-hybridized carbons (Fsp3) is 0.483. The van der Waals surface area contributed by atoms with Gasteiger partial charge in [0.25, 0.3) is 0 Å². The van der Waals surface area contributed by atoms with E-state index in [4.69, 9.17) is 0 Å². The number of ketones is 1. The molecule has 3 aliphatic carbocycles. The van der Waals surface area contributed by atoms with E-state index in [0.29, 0.717) is 31.8 Å². The Morgan fingerprint density at radius 3 is 2.44 bits per heavy atom. The van der Waals surface area contributed by atoms with E-state index in [0.717, 1.165) is 12.8 Å². The molecule has 2 saturated carbocycles. The van der Waals surface area contributed by atoms with E-state index >= 15 is 0 Å². The summed E-state index contributed by atoms with van der Waals surface area (Å²) in [5, 5.41) is 0. The predicted molar refractivity (Wildman–Crippen MR) is 135 cm³/mol. The summed E-state index contributed by atoms with van der Waals surface area (Å²) in [7, 11) is -3.59. The Hall–Kier alpha value is -2.24. The van der Waals surface area contributed by atoms with Crippen LogP contribution in [0.15, 0.2) is 60.7 Å². The number of sulfonamides is 1. The molecule has 1 aliphatic heterocycles. The number of piperidine rings is 1. The highest BCUT2D eigenvalue weighted by atomic mass is 32.2. The summed E-state index contributed by atoms with van der Waals surface area (Å²) in [4.78, 5) is 13.1. The monoisotopic (exact) mass is 475 g/mol. The fourth-order valence-corrected chi connectivity index (χ4v) is 9.94. The maximum Gasteiger partial charge on any atom is 0.215 e. The SMILES string of the molecule is CC1(C)C2CC[C@@]1(CS(=O)(=O)N1CCC3(C=Cc4ccccc43)C(c3ccccc3)C1)C(=O)C2. The quantitative estimate of drug-likeness (QED) is 0.613. The Morgan fingerprint density at radius 1 is 1.00 bits per heavy atom. The van der Waals surface area contributed by atoms with Crippen molar-refractivity contribution in [3.8, 4) is 0 Å². The van der Waals surface area contributed by atoms with Gasteiger partial charge < -0.3 is 0 Å². The minimum Gasteiger partial charge on any atom is -0.299 e. The molecule has 3 unspecified atom stereocenters. The Balaban J connectivity index is 1.36. The van der Waals surface area contributed by atoms with Gasteiger partial charge in [0, 0.05) is 36.3 Å². The van der Waals surface area contributed by atoms with Crippen LogP contribution in [-0.4, -0.2) is 37.3 Å². The summed E-state index contributed by atoms with van der Waals surface area (Å²) < 4.78 is 29.6. The van der Waals surface area contributed by atoms with Crippen LogP contribution in [0.2, 0.25) is 0 Å². The molecule has 0 radical (unpaired) electrons. The number of carbonyl (C=O) groups is 1. The van der Waals surface area contributed by atoms with E-state index in [-0.39, 0.29) is 28.3 Å². The zero-order chi connectivity index (χ0) is 23.8. The van der Waals surface area contributed by atoms with Gasteiger partial charge in [-0.15, -0.1) is 0 Å². The number of allylic oxidation sites excluding steroid dienone is 1. The lowest BCUT2D eigenvalue weighted by Crippen LogP contribution is -2.52. The van der Waals surface area contributed by atoms with Crippen LogP contribution in [-0.2, 0) is 20.2 Å². The first-order chi connectivity index (χ1) is 16.2. The number of hydrogen-bond donors (Lipinski definition) is 0. The zero-order valence-corrected chi connectivity index (χ0v) is 20.9. The number of nitrogens with zero attached hydrogens (tertiary/aromatic N) is 1. The van der Waals surface area contributed by atoms with Gasteiger partial charge in [0.2, 0.25) is 10.0 Å². The lowest BCUT2D eigenvalue weighted by molar-refractivity contribution is -0.128. The average Bonchev–Trinajstić information content (AvgIpc) is 3.37. The van der Waals surface area contributed by atoms with Crippen LogP contribution in [0, 0.1) is 16.7 Å². The predicted octanol–water partition coefficient (Wildman–Crippen LogP) is 5.17. The van der Waals surface area contributed by atoms with E-state index in [1.165, 1.54) is 16.7 Å². The number of carbonyl (C=O) groups excluding carboxylic acids is 1. The van der Waals surface area contributed by atoms with Crippen molar-refractivity contribution >= 4 is 21.9 Å². The molecule has 34 heavy (non-hydrogen) atoms. The lowest BCUT2D eigenvalue weighted by Gasteiger charge is -2.46. The number of rotatable bonds is 4. The van der Waals surface area contributed by atoms with Crippen LogP contribution in [0.1, 0.15) is 62.1 Å². The van der Waals surface area contributed by atoms with Crippen molar-refractivity contribution in [3.05, 3.63) is 77.4 Å². The molecule has 2 aromatic carbocycles. The summed E-state index contributed by atoms with van der Waals surface area (Å²) in [6.45, 7) is 5.16. The van der Waals surface area contributed by atoms with Gasteiger partial charge in [-0.05, 0) is 47.3 Å². The molecule has 2 bridgehead atoms. The van der Waals surface area contributed by atoms with E-state index in [2.05, 4.69) is 62.4 Å². The number of benzene rings is 2. The van der Waals surface area contributed by atoms with Gasteiger partial charge in [0.1, 0.15) is 5.78 Å². The Labute approximate surface area is 203 Å². The van der Waals surface area contributed by atoms with Crippen molar-refractivity contribution in [2.75, 3.05) is 18.8 Å². The highest BCUT2D eigenvalue weighted by Gasteiger charge is 2.66. The summed E-state index contributed by atoms with van der Waals surface area (Å²) in [5.74, 6) is 0.469. The summed E-state index contributed by atoms with van der Waals surface area (Å²) >= 11 is 0. The van der Waals surface area contributed by atoms with Gasteiger partial charge in [-0.3, -0.25) is 4.79 Å². The molecule has 4 atom stereocenters. The second-order valence-electron chi connectivity index (χ2n) is 11.5. The van der Waals surface area contributed by atoms with E-state index in [9.17, 15) is 13.2 Å². The maximum absolute atomic E-state index is 13.9. The van der Waals surface area contributed by atoms with Crippen LogP contribution in [0.25, 0.3) is 6.08 Å². The third-order valence-electron chi connectivity index (χ3n) is 9.97. The second-order valence-corrected chi connectivity index (χ2v) is 13.4. The van der Waals surface area contributed by atoms with Gasteiger partial charge in [-0.25, -0.2) is 12.7 Å². The number of Topliss-reactive ketones (excluding diaryl/α,β-unsaturated/α-hetero) is 1. The van der Waals surface area contributed by atoms with E-state index in [1.54, 1.807) is 4.31 Å². The van der Waals surface area contributed by atoms with Crippen LogP contribution >= 0.6 is 0 Å². The first-order valence-electron chi connectivity index (χ1n) is 12.5. The summed E-state index contributed by atoms with van der Waals surface area (Å²) in [5.41, 5.74) is 2.51. The molecule has 0 amide bonds. The number of hydrogen-bond acceptors (Lipinski definition) is 3. The molecule has 0 aromatic heterocycles. The molecule has 1 saturated heterocycles. The number of fused-ring (bicyclic) bond motifs is 4. The van der Waals surface area contributed by atoms with Gasteiger partial charge in [-0.2, -0.15) is 0 Å². The molecule has 4 nitrogen and oxygen atoms in total. The third kappa shape index (κ3) is 2.92. The smallest absolute Gasteiger partial charge is 0.215 e. The van der Waals surface area contributed by atoms with Gasteiger partial charge >= 0.3 is 0 Å². The van der Waals surface area contributed by atoms with Gasteiger partial charge in [-0.1, -0.05) is 80.6 Å². The Bertz CT molecular complexity index is 1280. The summed E-state index contributed by atoms with van der Waals surface area (Å²) in [6.07, 6.45) is 7.46. The standard InChI is InChI=1S/C29H33NO3S/c1-27(2)23-13-15-29(27,26(31)18-23)20-34(32,33)30-17-16-28(14-12-22-10-6-7-11-24(22)28)25(19-30)21-8-4-3-5-9-21/h3-12,14,23,25H,13,15-20H2,1-2H3/t23?,25?,28?,29-/m1/s1.